The van der Waals surface area contributed by atoms with E-state index in [0.29, 0.717) is 18.0 Å². The van der Waals surface area contributed by atoms with Crippen molar-refractivity contribution in [2.24, 2.45) is 5.92 Å². The molecule has 0 saturated carbocycles. The molecule has 2 N–H and O–H groups in total. The van der Waals surface area contributed by atoms with Crippen molar-refractivity contribution in [3.63, 3.8) is 0 Å². The molecule has 8 heteroatoms. The number of nitrogens with one attached hydrogen (secondary N) is 1. The second-order valence-electron chi connectivity index (χ2n) is 9.11. The van der Waals surface area contributed by atoms with Gasteiger partial charge in [0.2, 0.25) is 5.91 Å². The number of amides is 1. The van der Waals surface area contributed by atoms with E-state index in [4.69, 9.17) is 0 Å². The van der Waals surface area contributed by atoms with E-state index in [0.717, 1.165) is 55.7 Å². The molecule has 3 aromatic rings. The largest absolute Gasteiger partial charge is 0.416 e. The Morgan fingerprint density at radius 3 is 2.34 bits per heavy atom. The topological polar surface area (TPSA) is 57.5 Å². The number of likely N-dealkylation sites (tertiary alicyclic amines) is 1. The highest BCUT2D eigenvalue weighted by atomic mass is 19.4. The molecule has 0 radical (unpaired) electrons. The van der Waals surface area contributed by atoms with Gasteiger partial charge in [-0.2, -0.15) is 13.2 Å². The molecule has 1 amide bonds. The first kappa shape index (κ1) is 25.0. The number of halogens is 3. The zero-order chi connectivity index (χ0) is 24.8. The fourth-order valence-electron chi connectivity index (χ4n) is 4.56. The summed E-state index contributed by atoms with van der Waals surface area (Å²) in [7, 11) is 0. The number of piperidine rings is 1. The first-order chi connectivity index (χ1) is 16.8. The summed E-state index contributed by atoms with van der Waals surface area (Å²) in [6.07, 6.45) is 1.75. The number of aliphatic hydroxyl groups is 1. The zero-order valence-electron chi connectivity index (χ0n) is 19.4. The molecule has 0 bridgehead atoms. The lowest BCUT2D eigenvalue weighted by molar-refractivity contribution is -0.137. The highest BCUT2D eigenvalue weighted by Crippen LogP contribution is 2.30. The van der Waals surface area contributed by atoms with Crippen LogP contribution >= 0.6 is 0 Å². The van der Waals surface area contributed by atoms with Crippen LogP contribution in [-0.2, 0) is 17.5 Å². The second kappa shape index (κ2) is 11.1. The van der Waals surface area contributed by atoms with Gasteiger partial charge in [0.05, 0.1) is 18.2 Å². The fraction of sp³-hybridized carbons (Fsp3) is 0.370. The minimum absolute atomic E-state index is 0.0417. The number of hydrogen-bond acceptors (Lipinski definition) is 3. The Balaban J connectivity index is 1.24. The molecule has 1 fully saturated rings. The molecule has 2 heterocycles. The van der Waals surface area contributed by atoms with Crippen LogP contribution in [0.5, 0.6) is 0 Å². The van der Waals surface area contributed by atoms with E-state index in [1.807, 2.05) is 53.4 Å². The van der Waals surface area contributed by atoms with E-state index in [9.17, 15) is 23.1 Å². The van der Waals surface area contributed by atoms with Crippen LogP contribution in [0.1, 0.15) is 42.0 Å². The maximum Gasteiger partial charge on any atom is 0.416 e. The van der Waals surface area contributed by atoms with Crippen molar-refractivity contribution in [2.75, 3.05) is 19.7 Å². The van der Waals surface area contributed by atoms with Gasteiger partial charge in [0.15, 0.2) is 0 Å². The Hall–Kier alpha value is -3.10. The van der Waals surface area contributed by atoms with E-state index >= 15 is 0 Å². The summed E-state index contributed by atoms with van der Waals surface area (Å²) in [5.74, 6) is 0.262. The third-order valence-corrected chi connectivity index (χ3v) is 6.55. The standard InChI is InChI=1S/C27H30F3N3O2/c28-27(29,30)23-6-8-24(9-7-23)33-15-12-21(18-33)17-32-13-10-20(11-14-32)16-26(35)31-25(19-34)22-4-2-1-3-5-22/h1-9,12,15,18,20,25,34H,10-11,13-14,16-17,19H2,(H,31,35)/t25-/m1/s1. The second-order valence-corrected chi connectivity index (χ2v) is 9.11. The van der Waals surface area contributed by atoms with Crippen molar-refractivity contribution in [1.29, 1.82) is 0 Å². The number of hydrogen-bond donors (Lipinski definition) is 2. The normalized spacial score (nSPS) is 16.2. The first-order valence-corrected chi connectivity index (χ1v) is 11.8. The minimum atomic E-state index is -4.34. The molecule has 1 aliphatic heterocycles. The Labute approximate surface area is 203 Å². The van der Waals surface area contributed by atoms with E-state index < -0.39 is 17.8 Å². The SMILES string of the molecule is O=C(CC1CCN(Cc2ccn(-c3ccc(C(F)(F)F)cc3)c2)CC1)N[C@H](CO)c1ccccc1. The predicted molar refractivity (Wildman–Crippen MR) is 128 cm³/mol. The van der Waals surface area contributed by atoms with Crippen molar-refractivity contribution >= 4 is 5.91 Å². The summed E-state index contributed by atoms with van der Waals surface area (Å²) in [6, 6.07) is 16.2. The highest BCUT2D eigenvalue weighted by Gasteiger charge is 2.30. The lowest BCUT2D eigenvalue weighted by atomic mass is 9.92. The highest BCUT2D eigenvalue weighted by molar-refractivity contribution is 5.76. The Morgan fingerprint density at radius 1 is 1.03 bits per heavy atom. The van der Waals surface area contributed by atoms with Crippen LogP contribution in [0.2, 0.25) is 0 Å². The van der Waals surface area contributed by atoms with E-state index in [1.54, 1.807) is 0 Å². The fourth-order valence-corrected chi connectivity index (χ4v) is 4.56. The van der Waals surface area contributed by atoms with Crippen LogP contribution in [0.4, 0.5) is 13.2 Å². The Morgan fingerprint density at radius 2 is 1.71 bits per heavy atom. The van der Waals surface area contributed by atoms with E-state index in [-0.39, 0.29) is 12.5 Å². The maximum atomic E-state index is 12.8. The van der Waals surface area contributed by atoms with Gasteiger partial charge in [-0.1, -0.05) is 30.3 Å². The lowest BCUT2D eigenvalue weighted by Crippen LogP contribution is -2.36. The maximum absolute atomic E-state index is 12.8. The van der Waals surface area contributed by atoms with E-state index in [2.05, 4.69) is 10.2 Å². The van der Waals surface area contributed by atoms with Crippen LogP contribution in [0.25, 0.3) is 5.69 Å². The van der Waals surface area contributed by atoms with Gasteiger partial charge in [0.25, 0.3) is 0 Å². The molecule has 186 valence electrons. The predicted octanol–water partition coefficient (Wildman–Crippen LogP) is 4.95. The molecular formula is C27H30F3N3O2. The third-order valence-electron chi connectivity index (χ3n) is 6.55. The van der Waals surface area contributed by atoms with Gasteiger partial charge in [-0.15, -0.1) is 0 Å². The quantitative estimate of drug-likeness (QED) is 0.475. The summed E-state index contributed by atoms with van der Waals surface area (Å²) in [4.78, 5) is 14.9. The van der Waals surface area contributed by atoms with Gasteiger partial charge in [-0.05, 0) is 73.3 Å². The summed E-state index contributed by atoms with van der Waals surface area (Å²) in [5, 5.41) is 12.6. The molecule has 1 aliphatic rings. The molecule has 5 nitrogen and oxygen atoms in total. The number of carbonyl (C=O) groups is 1. The summed E-state index contributed by atoms with van der Waals surface area (Å²) < 4.78 is 40.2. The summed E-state index contributed by atoms with van der Waals surface area (Å²) in [5.41, 5.74) is 2.01. The van der Waals surface area contributed by atoms with Crippen molar-refractivity contribution in [1.82, 2.24) is 14.8 Å². The van der Waals surface area contributed by atoms with Crippen molar-refractivity contribution < 1.29 is 23.1 Å². The minimum Gasteiger partial charge on any atom is -0.394 e. The van der Waals surface area contributed by atoms with Crippen molar-refractivity contribution in [3.8, 4) is 5.69 Å². The van der Waals surface area contributed by atoms with Gasteiger partial charge in [0, 0.05) is 31.0 Å². The van der Waals surface area contributed by atoms with Gasteiger partial charge >= 0.3 is 6.18 Å². The molecule has 1 aromatic heterocycles. The monoisotopic (exact) mass is 485 g/mol. The third kappa shape index (κ3) is 6.74. The molecule has 4 rings (SSSR count). The molecular weight excluding hydrogens is 455 g/mol. The molecule has 2 aromatic carbocycles. The lowest BCUT2D eigenvalue weighted by Gasteiger charge is -2.31. The Kier molecular flexibility index (Phi) is 7.93. The smallest absolute Gasteiger partial charge is 0.394 e. The van der Waals surface area contributed by atoms with Gasteiger partial charge in [0.1, 0.15) is 0 Å². The van der Waals surface area contributed by atoms with Crippen molar-refractivity contribution in [2.45, 2.75) is 38.0 Å². The number of alkyl halides is 3. The number of rotatable bonds is 8. The van der Waals surface area contributed by atoms with E-state index in [1.165, 1.54) is 12.1 Å². The molecule has 0 unspecified atom stereocenters. The zero-order valence-corrected chi connectivity index (χ0v) is 19.4. The average molecular weight is 486 g/mol. The van der Waals surface area contributed by atoms with Gasteiger partial charge in [-0.3, -0.25) is 9.69 Å². The molecule has 1 atom stereocenters. The van der Waals surface area contributed by atoms with Crippen LogP contribution in [0.15, 0.2) is 73.1 Å². The van der Waals surface area contributed by atoms with Gasteiger partial charge < -0.3 is 15.0 Å². The summed E-state index contributed by atoms with van der Waals surface area (Å²) >= 11 is 0. The van der Waals surface area contributed by atoms with Crippen LogP contribution in [0, 0.1) is 5.92 Å². The molecule has 0 aliphatic carbocycles. The number of aromatic nitrogens is 1. The van der Waals surface area contributed by atoms with Gasteiger partial charge in [-0.25, -0.2) is 0 Å². The van der Waals surface area contributed by atoms with Crippen LogP contribution < -0.4 is 5.32 Å². The molecule has 0 spiro atoms. The van der Waals surface area contributed by atoms with Crippen LogP contribution in [-0.4, -0.2) is 40.2 Å². The number of benzene rings is 2. The number of carbonyl (C=O) groups excluding carboxylic acids is 1. The Bertz CT molecular complexity index is 1090. The number of aliphatic hydroxyl groups excluding tert-OH is 1. The summed E-state index contributed by atoms with van der Waals surface area (Å²) in [6.45, 7) is 2.38. The van der Waals surface area contributed by atoms with Crippen LogP contribution in [0.3, 0.4) is 0 Å². The first-order valence-electron chi connectivity index (χ1n) is 11.8. The van der Waals surface area contributed by atoms with Crippen molar-refractivity contribution in [3.05, 3.63) is 89.7 Å². The average Bonchev–Trinajstić information content (AvgIpc) is 3.32. The molecule has 1 saturated heterocycles. The molecule has 35 heavy (non-hydrogen) atoms. The number of nitrogens with zero attached hydrogens (tertiary/aromatic N) is 2.